The van der Waals surface area contributed by atoms with Crippen molar-refractivity contribution in [2.24, 2.45) is 0 Å². The molecule has 0 unspecified atom stereocenters. The number of ketones is 1. The predicted octanol–water partition coefficient (Wildman–Crippen LogP) is 1.37. The highest BCUT2D eigenvalue weighted by Crippen LogP contribution is 2.30. The molecule has 2 aromatic rings. The van der Waals surface area contributed by atoms with E-state index < -0.39 is 11.7 Å². The number of Topliss-reactive ketones (excluding diaryl/α,β-unsaturated/α-hetero) is 1. The Hall–Kier alpha value is -2.44. The number of hydrogen-bond donors (Lipinski definition) is 1. The molecule has 0 bridgehead atoms. The van der Waals surface area contributed by atoms with Gasteiger partial charge in [0.2, 0.25) is 0 Å². The number of benzene rings is 2. The molecule has 0 spiro atoms. The van der Waals surface area contributed by atoms with Crippen LogP contribution in [0.5, 0.6) is 0 Å². The quantitative estimate of drug-likeness (QED) is 0.825. The SMILES string of the molecule is O=C1C(=O)N(C[NH+]2CCN(c3ccc(F)cc3)CC2)c2ccc(Cl)cc21. The summed E-state index contributed by atoms with van der Waals surface area (Å²) >= 11 is 5.94. The van der Waals surface area contributed by atoms with Gasteiger partial charge in [-0.2, -0.15) is 0 Å². The standard InChI is InChI=1S/C19H17ClFN3O2/c20-13-1-6-17-16(11-13)18(25)19(26)24(17)12-22-7-9-23(10-8-22)15-4-2-14(21)3-5-15/h1-6,11H,7-10,12H2/p+1. The lowest BCUT2D eigenvalue weighted by Gasteiger charge is -2.35. The summed E-state index contributed by atoms with van der Waals surface area (Å²) in [6, 6.07) is 11.5. The number of halogens is 2. The van der Waals surface area contributed by atoms with Gasteiger partial charge in [0, 0.05) is 10.7 Å². The van der Waals surface area contributed by atoms with Crippen LogP contribution in [0.15, 0.2) is 42.5 Å². The van der Waals surface area contributed by atoms with E-state index in [1.165, 1.54) is 17.0 Å². The van der Waals surface area contributed by atoms with Crippen LogP contribution < -0.4 is 14.7 Å². The summed E-state index contributed by atoms with van der Waals surface area (Å²) in [5.41, 5.74) is 2.02. The third-order valence-electron chi connectivity index (χ3n) is 4.98. The lowest BCUT2D eigenvalue weighted by Crippen LogP contribution is -3.16. The van der Waals surface area contributed by atoms with E-state index in [-0.39, 0.29) is 5.82 Å². The zero-order chi connectivity index (χ0) is 18.3. The number of nitrogens with one attached hydrogen (secondary N) is 1. The first-order valence-corrected chi connectivity index (χ1v) is 8.90. The van der Waals surface area contributed by atoms with Crippen LogP contribution in [0.4, 0.5) is 15.8 Å². The topological polar surface area (TPSA) is 45.1 Å². The maximum atomic E-state index is 13.1. The fourth-order valence-electron chi connectivity index (χ4n) is 3.54. The highest BCUT2D eigenvalue weighted by atomic mass is 35.5. The van der Waals surface area contributed by atoms with Gasteiger partial charge in [0.1, 0.15) is 5.82 Å². The molecule has 2 aromatic carbocycles. The smallest absolute Gasteiger partial charge is 0.303 e. The predicted molar refractivity (Wildman–Crippen MR) is 97.4 cm³/mol. The number of fused-ring (bicyclic) bond motifs is 1. The van der Waals surface area contributed by atoms with Gasteiger partial charge in [-0.15, -0.1) is 0 Å². The second-order valence-corrected chi connectivity index (χ2v) is 7.03. The molecule has 1 saturated heterocycles. The van der Waals surface area contributed by atoms with E-state index in [9.17, 15) is 14.0 Å². The molecule has 2 heterocycles. The average Bonchev–Trinajstić information content (AvgIpc) is 2.88. The first-order valence-electron chi connectivity index (χ1n) is 8.53. The molecule has 4 rings (SSSR count). The molecule has 0 saturated carbocycles. The molecule has 0 aliphatic carbocycles. The molecule has 0 atom stereocenters. The molecule has 1 N–H and O–H groups in total. The Morgan fingerprint density at radius 3 is 2.42 bits per heavy atom. The van der Waals surface area contributed by atoms with Crippen LogP contribution in [0.3, 0.4) is 0 Å². The second-order valence-electron chi connectivity index (χ2n) is 6.60. The van der Waals surface area contributed by atoms with Gasteiger partial charge >= 0.3 is 5.91 Å². The lowest BCUT2D eigenvalue weighted by atomic mass is 10.1. The maximum Gasteiger partial charge on any atom is 0.303 e. The van der Waals surface area contributed by atoms with Gasteiger partial charge in [0.25, 0.3) is 5.78 Å². The van der Waals surface area contributed by atoms with Crippen LogP contribution in [0.2, 0.25) is 5.02 Å². The highest BCUT2D eigenvalue weighted by Gasteiger charge is 2.38. The van der Waals surface area contributed by atoms with Crippen LogP contribution in [0.25, 0.3) is 0 Å². The van der Waals surface area contributed by atoms with Gasteiger partial charge in [-0.25, -0.2) is 4.39 Å². The van der Waals surface area contributed by atoms with Crippen molar-refractivity contribution in [2.75, 3.05) is 42.6 Å². The molecule has 7 heteroatoms. The number of amides is 1. The number of rotatable bonds is 3. The van der Waals surface area contributed by atoms with Crippen molar-refractivity contribution in [3.05, 3.63) is 58.9 Å². The van der Waals surface area contributed by atoms with E-state index >= 15 is 0 Å². The van der Waals surface area contributed by atoms with Crippen molar-refractivity contribution in [1.29, 1.82) is 0 Å². The third-order valence-corrected chi connectivity index (χ3v) is 5.21. The van der Waals surface area contributed by atoms with E-state index in [4.69, 9.17) is 11.6 Å². The van der Waals surface area contributed by atoms with Crippen LogP contribution in [-0.2, 0) is 4.79 Å². The molecular weight excluding hydrogens is 357 g/mol. The Labute approximate surface area is 155 Å². The zero-order valence-electron chi connectivity index (χ0n) is 14.0. The van der Waals surface area contributed by atoms with Crippen LogP contribution in [0, 0.1) is 5.82 Å². The van der Waals surface area contributed by atoms with Crippen molar-refractivity contribution in [3.63, 3.8) is 0 Å². The summed E-state index contributed by atoms with van der Waals surface area (Å²) in [5.74, 6) is -1.23. The van der Waals surface area contributed by atoms with E-state index in [0.29, 0.717) is 22.9 Å². The summed E-state index contributed by atoms with van der Waals surface area (Å²) in [7, 11) is 0. The summed E-state index contributed by atoms with van der Waals surface area (Å²) in [6.07, 6.45) is 0. The van der Waals surface area contributed by atoms with Gasteiger partial charge in [-0.1, -0.05) is 11.6 Å². The summed E-state index contributed by atoms with van der Waals surface area (Å²) in [4.78, 5) is 29.5. The lowest BCUT2D eigenvalue weighted by molar-refractivity contribution is -0.899. The molecule has 0 aromatic heterocycles. The van der Waals surface area contributed by atoms with Crippen molar-refractivity contribution in [2.45, 2.75) is 0 Å². The molecule has 26 heavy (non-hydrogen) atoms. The normalized spacial score (nSPS) is 17.8. The first kappa shape index (κ1) is 17.0. The van der Waals surface area contributed by atoms with Gasteiger partial charge in [0.05, 0.1) is 37.4 Å². The summed E-state index contributed by atoms with van der Waals surface area (Å²) < 4.78 is 13.1. The molecule has 1 fully saturated rings. The van der Waals surface area contributed by atoms with E-state index in [2.05, 4.69) is 4.90 Å². The minimum Gasteiger partial charge on any atom is -0.360 e. The Morgan fingerprint density at radius 2 is 1.73 bits per heavy atom. The Balaban J connectivity index is 1.43. The number of carbonyl (C=O) groups is 2. The van der Waals surface area contributed by atoms with Crippen molar-refractivity contribution < 1.29 is 18.9 Å². The van der Waals surface area contributed by atoms with Crippen LogP contribution in [-0.4, -0.2) is 44.5 Å². The Bertz CT molecular complexity index is 864. The number of piperazine rings is 1. The van der Waals surface area contributed by atoms with E-state index in [0.717, 1.165) is 31.9 Å². The van der Waals surface area contributed by atoms with Crippen molar-refractivity contribution in [3.8, 4) is 0 Å². The molecular formula is C19H18ClFN3O2+. The number of nitrogens with zero attached hydrogens (tertiary/aromatic N) is 2. The molecule has 134 valence electrons. The number of quaternary nitrogens is 1. The largest absolute Gasteiger partial charge is 0.360 e. The van der Waals surface area contributed by atoms with Gasteiger partial charge in [-0.05, 0) is 42.5 Å². The van der Waals surface area contributed by atoms with Gasteiger partial charge < -0.3 is 9.80 Å². The maximum absolute atomic E-state index is 13.1. The monoisotopic (exact) mass is 374 g/mol. The van der Waals surface area contributed by atoms with Gasteiger partial charge in [-0.3, -0.25) is 14.5 Å². The van der Waals surface area contributed by atoms with E-state index in [1.54, 1.807) is 35.2 Å². The fraction of sp³-hybridized carbons (Fsp3) is 0.263. The van der Waals surface area contributed by atoms with Crippen LogP contribution >= 0.6 is 11.6 Å². The third kappa shape index (κ3) is 3.06. The minimum atomic E-state index is -0.494. The molecule has 2 aliphatic rings. The average molecular weight is 375 g/mol. The fourth-order valence-corrected chi connectivity index (χ4v) is 3.72. The number of anilines is 2. The van der Waals surface area contributed by atoms with Crippen molar-refractivity contribution in [1.82, 2.24) is 0 Å². The summed E-state index contributed by atoms with van der Waals surface area (Å²) in [6.45, 7) is 3.74. The molecule has 1 amide bonds. The van der Waals surface area contributed by atoms with Gasteiger partial charge in [0.15, 0.2) is 6.67 Å². The molecule has 0 radical (unpaired) electrons. The molecule has 2 aliphatic heterocycles. The second kappa shape index (κ2) is 6.70. The van der Waals surface area contributed by atoms with Crippen LogP contribution in [0.1, 0.15) is 10.4 Å². The Kier molecular flexibility index (Phi) is 4.38. The first-order chi connectivity index (χ1) is 12.5. The zero-order valence-corrected chi connectivity index (χ0v) is 14.8. The molecule has 5 nitrogen and oxygen atoms in total. The highest BCUT2D eigenvalue weighted by molar-refractivity contribution is 6.52. The Morgan fingerprint density at radius 1 is 1.04 bits per heavy atom. The summed E-state index contributed by atoms with van der Waals surface area (Å²) in [5, 5.41) is 0.451. The minimum absolute atomic E-state index is 0.242. The number of hydrogen-bond acceptors (Lipinski definition) is 3. The number of carbonyl (C=O) groups excluding carboxylic acids is 2. The van der Waals surface area contributed by atoms with E-state index in [1.807, 2.05) is 0 Å². The van der Waals surface area contributed by atoms with Crippen molar-refractivity contribution >= 4 is 34.7 Å².